The van der Waals surface area contributed by atoms with Gasteiger partial charge >= 0.3 is 0 Å². The second-order valence-electron chi connectivity index (χ2n) is 8.47. The Labute approximate surface area is 201 Å². The molecular formula is C25H33N3O5S. The summed E-state index contributed by atoms with van der Waals surface area (Å²) >= 11 is 0. The molecule has 1 heterocycles. The highest BCUT2D eigenvalue weighted by molar-refractivity contribution is 7.88. The summed E-state index contributed by atoms with van der Waals surface area (Å²) in [4.78, 5) is 27.8. The third kappa shape index (κ3) is 6.36. The number of likely N-dealkylation sites (tertiary alicyclic amines) is 1. The van der Waals surface area contributed by atoms with Crippen LogP contribution in [-0.2, 0) is 31.9 Å². The molecule has 1 saturated heterocycles. The van der Waals surface area contributed by atoms with Crippen LogP contribution in [0.15, 0.2) is 48.5 Å². The second kappa shape index (κ2) is 11.5. The molecule has 8 nitrogen and oxygen atoms in total. The van der Waals surface area contributed by atoms with Crippen molar-refractivity contribution in [2.75, 3.05) is 20.7 Å². The molecule has 184 valence electrons. The molecule has 0 saturated carbocycles. The fraction of sp³-hybridized carbons (Fsp3) is 0.440. The molecule has 0 spiro atoms. The predicted molar refractivity (Wildman–Crippen MR) is 130 cm³/mol. The minimum absolute atomic E-state index is 0.00971. The molecule has 0 bridgehead atoms. The van der Waals surface area contributed by atoms with Crippen LogP contribution in [0.5, 0.6) is 5.75 Å². The summed E-state index contributed by atoms with van der Waals surface area (Å²) in [5.74, 6) is -0.0465. The fourth-order valence-electron chi connectivity index (χ4n) is 4.20. The van der Waals surface area contributed by atoms with Crippen molar-refractivity contribution < 1.29 is 22.7 Å². The van der Waals surface area contributed by atoms with E-state index in [2.05, 4.69) is 17.0 Å². The van der Waals surface area contributed by atoms with Crippen molar-refractivity contribution in [2.45, 2.75) is 44.5 Å². The van der Waals surface area contributed by atoms with Gasteiger partial charge in [0.1, 0.15) is 5.75 Å². The van der Waals surface area contributed by atoms with Gasteiger partial charge in [0.15, 0.2) is 0 Å². The van der Waals surface area contributed by atoms with Crippen molar-refractivity contribution >= 4 is 21.8 Å². The smallest absolute Gasteiger partial charge is 0.226 e. The summed E-state index contributed by atoms with van der Waals surface area (Å²) in [6, 6.07) is 14.3. The van der Waals surface area contributed by atoms with Crippen LogP contribution in [0.2, 0.25) is 0 Å². The van der Waals surface area contributed by atoms with Gasteiger partial charge in [-0.15, -0.1) is 0 Å². The number of nitrogens with one attached hydrogen (secondary N) is 2. The van der Waals surface area contributed by atoms with Crippen LogP contribution in [0.3, 0.4) is 0 Å². The quantitative estimate of drug-likeness (QED) is 0.507. The highest BCUT2D eigenvalue weighted by Gasteiger charge is 2.44. The molecule has 0 aliphatic carbocycles. The molecule has 34 heavy (non-hydrogen) atoms. The summed E-state index contributed by atoms with van der Waals surface area (Å²) in [6.45, 7) is 2.99. The van der Waals surface area contributed by atoms with E-state index in [1.54, 1.807) is 31.4 Å². The van der Waals surface area contributed by atoms with E-state index in [1.807, 2.05) is 29.2 Å². The number of ether oxygens (including phenoxy) is 1. The Hall–Kier alpha value is -2.91. The Kier molecular flexibility index (Phi) is 8.68. The summed E-state index contributed by atoms with van der Waals surface area (Å²) in [7, 11) is -0.355. The zero-order valence-corrected chi connectivity index (χ0v) is 20.7. The van der Waals surface area contributed by atoms with E-state index in [-0.39, 0.29) is 30.0 Å². The molecule has 2 unspecified atom stereocenters. The van der Waals surface area contributed by atoms with Gasteiger partial charge in [0.05, 0.1) is 24.8 Å². The van der Waals surface area contributed by atoms with E-state index >= 15 is 0 Å². The maximum absolute atomic E-state index is 13.2. The van der Waals surface area contributed by atoms with Crippen LogP contribution in [0.25, 0.3) is 0 Å². The third-order valence-electron chi connectivity index (χ3n) is 6.14. The van der Waals surface area contributed by atoms with Crippen LogP contribution < -0.4 is 14.8 Å². The lowest BCUT2D eigenvalue weighted by atomic mass is 9.92. The van der Waals surface area contributed by atoms with Gasteiger partial charge in [0, 0.05) is 19.5 Å². The summed E-state index contributed by atoms with van der Waals surface area (Å²) in [5.41, 5.74) is 2.43. The Morgan fingerprint density at radius 1 is 1.09 bits per heavy atom. The van der Waals surface area contributed by atoms with Gasteiger partial charge in [-0.05, 0) is 42.3 Å². The van der Waals surface area contributed by atoms with Gasteiger partial charge in [-0.2, -0.15) is 0 Å². The van der Waals surface area contributed by atoms with Crippen molar-refractivity contribution in [3.8, 4) is 5.75 Å². The first-order valence-electron chi connectivity index (χ1n) is 11.5. The highest BCUT2D eigenvalue weighted by atomic mass is 32.2. The molecule has 9 heteroatoms. The third-order valence-corrected chi connectivity index (χ3v) is 7.47. The Bertz CT molecular complexity index is 1080. The van der Waals surface area contributed by atoms with Gasteiger partial charge < -0.3 is 15.0 Å². The number of rotatable bonds is 11. The predicted octanol–water partition coefficient (Wildman–Crippen LogP) is 2.75. The fourth-order valence-corrected chi connectivity index (χ4v) is 4.97. The van der Waals surface area contributed by atoms with Crippen molar-refractivity contribution in [1.29, 1.82) is 0 Å². The zero-order chi connectivity index (χ0) is 24.7. The normalized spacial score (nSPS) is 18.2. The average Bonchev–Trinajstić information content (AvgIpc) is 3.18. The monoisotopic (exact) mass is 487 g/mol. The number of unbranched alkanes of at least 4 members (excludes halogenated alkanes) is 1. The van der Waals surface area contributed by atoms with E-state index < -0.39 is 15.9 Å². The van der Waals surface area contributed by atoms with E-state index in [0.717, 1.165) is 29.7 Å². The number of sulfonamides is 1. The number of hydrogen-bond donors (Lipinski definition) is 2. The standard InChI is InChI=1S/C25H33N3O5S/c1-4-5-14-28-23(29)15-22(24(28)20-10-12-21(33-3)13-11-20)25(30)27-16-18-6-8-19(9-7-18)17-34(31,32)26-2/h6-13,22,24,26H,4-5,14-17H2,1-3H3,(H,27,30). The molecule has 2 N–H and O–H groups in total. The summed E-state index contributed by atoms with van der Waals surface area (Å²) in [6.07, 6.45) is 2.01. The number of carbonyl (C=O) groups excluding carboxylic acids is 2. The molecule has 2 aromatic rings. The number of amides is 2. The van der Waals surface area contributed by atoms with E-state index in [0.29, 0.717) is 18.7 Å². The number of carbonyl (C=O) groups is 2. The molecule has 2 amide bonds. The first kappa shape index (κ1) is 25.7. The van der Waals surface area contributed by atoms with Gasteiger partial charge in [0.25, 0.3) is 0 Å². The molecule has 3 rings (SSSR count). The van der Waals surface area contributed by atoms with Gasteiger partial charge in [-0.1, -0.05) is 49.7 Å². The Morgan fingerprint density at radius 2 is 1.74 bits per heavy atom. The molecule has 1 fully saturated rings. The van der Waals surface area contributed by atoms with Crippen molar-refractivity contribution in [3.05, 3.63) is 65.2 Å². The van der Waals surface area contributed by atoms with E-state index in [9.17, 15) is 18.0 Å². The first-order chi connectivity index (χ1) is 16.3. The van der Waals surface area contributed by atoms with E-state index in [4.69, 9.17) is 4.74 Å². The maximum atomic E-state index is 13.2. The van der Waals surface area contributed by atoms with Crippen LogP contribution in [0.1, 0.15) is 48.9 Å². The topological polar surface area (TPSA) is 105 Å². The first-order valence-corrected chi connectivity index (χ1v) is 13.1. The summed E-state index contributed by atoms with van der Waals surface area (Å²) in [5, 5.41) is 2.97. The minimum atomic E-state index is -3.34. The molecular weight excluding hydrogens is 454 g/mol. The van der Waals surface area contributed by atoms with Crippen LogP contribution in [-0.4, -0.2) is 45.8 Å². The van der Waals surface area contributed by atoms with Crippen molar-refractivity contribution in [1.82, 2.24) is 14.9 Å². The van der Waals surface area contributed by atoms with Crippen LogP contribution in [0, 0.1) is 5.92 Å². The highest BCUT2D eigenvalue weighted by Crippen LogP contribution is 2.39. The second-order valence-corrected chi connectivity index (χ2v) is 10.4. The number of benzene rings is 2. The van der Waals surface area contributed by atoms with Gasteiger partial charge in [0.2, 0.25) is 21.8 Å². The molecule has 1 aliphatic rings. The lowest BCUT2D eigenvalue weighted by Crippen LogP contribution is -2.35. The zero-order valence-electron chi connectivity index (χ0n) is 19.9. The largest absolute Gasteiger partial charge is 0.497 e. The molecule has 2 atom stereocenters. The number of methoxy groups -OCH3 is 1. The maximum Gasteiger partial charge on any atom is 0.226 e. The minimum Gasteiger partial charge on any atom is -0.497 e. The van der Waals surface area contributed by atoms with Gasteiger partial charge in [-0.25, -0.2) is 13.1 Å². The Balaban J connectivity index is 1.71. The van der Waals surface area contributed by atoms with Crippen LogP contribution >= 0.6 is 0 Å². The van der Waals surface area contributed by atoms with Crippen molar-refractivity contribution in [3.63, 3.8) is 0 Å². The number of nitrogens with zero attached hydrogens (tertiary/aromatic N) is 1. The van der Waals surface area contributed by atoms with E-state index in [1.165, 1.54) is 7.05 Å². The molecule has 0 radical (unpaired) electrons. The van der Waals surface area contributed by atoms with Crippen LogP contribution in [0.4, 0.5) is 0 Å². The van der Waals surface area contributed by atoms with Gasteiger partial charge in [-0.3, -0.25) is 9.59 Å². The SMILES string of the molecule is CCCCN1C(=O)CC(C(=O)NCc2ccc(CS(=O)(=O)NC)cc2)C1c1ccc(OC)cc1. The molecule has 2 aromatic carbocycles. The number of hydrogen-bond acceptors (Lipinski definition) is 5. The lowest BCUT2D eigenvalue weighted by molar-refractivity contribution is -0.129. The van der Waals surface area contributed by atoms with Crippen molar-refractivity contribution in [2.24, 2.45) is 5.92 Å². The Morgan fingerprint density at radius 3 is 2.32 bits per heavy atom. The summed E-state index contributed by atoms with van der Waals surface area (Å²) < 4.78 is 31.0. The average molecular weight is 488 g/mol. The lowest BCUT2D eigenvalue weighted by Gasteiger charge is -2.28. The molecule has 0 aromatic heterocycles. The molecule has 1 aliphatic heterocycles.